The second kappa shape index (κ2) is 22.9. The molecule has 0 radical (unpaired) electrons. The molecule has 1 N–H and O–H groups in total. The Morgan fingerprint density at radius 2 is 1.53 bits per heavy atom. The normalized spacial score (nSPS) is 12.5. The topological polar surface area (TPSA) is 56.8 Å². The Hall–Kier alpha value is -1.85. The maximum Gasteiger partial charge on any atom is 0.161 e. The van der Waals surface area contributed by atoms with Crippen molar-refractivity contribution in [1.29, 1.82) is 0 Å². The third-order valence-electron chi connectivity index (χ3n) is 5.46. The number of benzene rings is 1. The summed E-state index contributed by atoms with van der Waals surface area (Å²) in [5.74, 6) is 3.17. The van der Waals surface area contributed by atoms with Gasteiger partial charge < -0.3 is 24.3 Å². The van der Waals surface area contributed by atoms with Gasteiger partial charge in [-0.05, 0) is 68.8 Å². The zero-order valence-corrected chi connectivity index (χ0v) is 23.6. The van der Waals surface area contributed by atoms with Crippen LogP contribution in [-0.4, -0.2) is 47.8 Å². The lowest BCUT2D eigenvalue weighted by Crippen LogP contribution is -2.12. The van der Waals surface area contributed by atoms with Crippen LogP contribution in [0.5, 0.6) is 11.5 Å². The van der Waals surface area contributed by atoms with Gasteiger partial charge in [-0.1, -0.05) is 59.8 Å². The van der Waals surface area contributed by atoms with Gasteiger partial charge in [0.2, 0.25) is 0 Å². The highest BCUT2D eigenvalue weighted by atomic mass is 16.5. The molecule has 34 heavy (non-hydrogen) atoms. The monoisotopic (exact) mass is 479 g/mol. The van der Waals surface area contributed by atoms with E-state index < -0.39 is 0 Å². The number of methoxy groups -OCH3 is 2. The van der Waals surface area contributed by atoms with Gasteiger partial charge in [0.15, 0.2) is 11.5 Å². The third-order valence-corrected chi connectivity index (χ3v) is 5.46. The van der Waals surface area contributed by atoms with Gasteiger partial charge in [-0.3, -0.25) is 0 Å². The first-order chi connectivity index (χ1) is 16.3. The van der Waals surface area contributed by atoms with Crippen LogP contribution in [0.15, 0.2) is 30.4 Å². The molecule has 1 rings (SSSR count). The quantitative estimate of drug-likeness (QED) is 0.175. The molecule has 0 bridgehead atoms. The summed E-state index contributed by atoms with van der Waals surface area (Å²) in [6, 6.07) is 6.22. The predicted molar refractivity (Wildman–Crippen MR) is 146 cm³/mol. The molecule has 198 valence electrons. The molecule has 0 spiro atoms. The molecule has 0 aliphatic carbocycles. The molecule has 0 amide bonds. The van der Waals surface area contributed by atoms with Crippen LogP contribution >= 0.6 is 0 Å². The Morgan fingerprint density at radius 1 is 0.912 bits per heavy atom. The fourth-order valence-electron chi connectivity index (χ4n) is 3.25. The molecule has 0 saturated heterocycles. The highest BCUT2D eigenvalue weighted by Crippen LogP contribution is 2.31. The van der Waals surface area contributed by atoms with Gasteiger partial charge >= 0.3 is 0 Å². The zero-order chi connectivity index (χ0) is 26.4. The van der Waals surface area contributed by atoms with Crippen LogP contribution in [0.3, 0.4) is 0 Å². The first kappa shape index (κ1) is 34.3. The molecule has 1 aromatic rings. The minimum Gasteiger partial charge on any atom is -0.493 e. The zero-order valence-electron chi connectivity index (χ0n) is 23.6. The molecule has 5 heteroatoms. The van der Waals surface area contributed by atoms with E-state index in [4.69, 9.17) is 14.2 Å². The summed E-state index contributed by atoms with van der Waals surface area (Å²) in [5, 5.41) is 2.75. The highest BCUT2D eigenvalue weighted by Gasteiger charge is 2.15. The number of carbonyl (C=O) groups is 1. The molecule has 1 aromatic carbocycles. The van der Waals surface area contributed by atoms with E-state index in [1.807, 2.05) is 34.0 Å². The van der Waals surface area contributed by atoms with Gasteiger partial charge in [0.05, 0.1) is 13.7 Å². The molecule has 0 aromatic heterocycles. The van der Waals surface area contributed by atoms with Crippen LogP contribution in [0.25, 0.3) is 0 Å². The first-order valence-electron chi connectivity index (χ1n) is 12.8. The van der Waals surface area contributed by atoms with E-state index in [0.717, 1.165) is 43.5 Å². The highest BCUT2D eigenvalue weighted by molar-refractivity contribution is 5.54. The second-order valence-corrected chi connectivity index (χ2v) is 8.88. The van der Waals surface area contributed by atoms with Crippen LogP contribution in [0.1, 0.15) is 66.4 Å². The summed E-state index contributed by atoms with van der Waals surface area (Å²) in [7, 11) is 7.12. The molecule has 2 atom stereocenters. The Bertz CT molecular complexity index is 629. The van der Waals surface area contributed by atoms with Crippen LogP contribution in [0, 0.1) is 23.7 Å². The standard InChI is InChI=1S/C25H40O4.C2H7N.C2H6/c1-19(2)22(10-7-8-11-23(18-26)20(3)4)16-21-12-13-24(28-6)25(17-21)29-15-9-14-27-5;1-3-2;1-2/h7-8,12-13,17-20,22-23H,9-11,14-16H2,1-6H3;3H,1-2H3;1-2H3/b8-7+;;/t22-,23-;;/m1../s1. The molecule has 0 aliphatic heterocycles. The third kappa shape index (κ3) is 15.9. The lowest BCUT2D eigenvalue weighted by Gasteiger charge is -2.20. The largest absolute Gasteiger partial charge is 0.493 e. The van der Waals surface area contributed by atoms with Crippen molar-refractivity contribution in [1.82, 2.24) is 5.32 Å². The van der Waals surface area contributed by atoms with Gasteiger partial charge in [0.1, 0.15) is 6.29 Å². The van der Waals surface area contributed by atoms with Crippen molar-refractivity contribution in [3.8, 4) is 11.5 Å². The second-order valence-electron chi connectivity index (χ2n) is 8.88. The van der Waals surface area contributed by atoms with Gasteiger partial charge in [-0.25, -0.2) is 0 Å². The van der Waals surface area contributed by atoms with Gasteiger partial charge in [0, 0.05) is 26.1 Å². The molecule has 0 aliphatic rings. The molecular weight excluding hydrogens is 426 g/mol. The lowest BCUT2D eigenvalue weighted by molar-refractivity contribution is -0.112. The molecular formula is C29H53NO4. The van der Waals surface area contributed by atoms with Crippen molar-refractivity contribution in [3.63, 3.8) is 0 Å². The molecule has 0 saturated carbocycles. The van der Waals surface area contributed by atoms with Gasteiger partial charge in [0.25, 0.3) is 0 Å². The molecule has 0 heterocycles. The number of aldehydes is 1. The van der Waals surface area contributed by atoms with E-state index in [1.54, 1.807) is 14.2 Å². The Balaban J connectivity index is 0. The van der Waals surface area contributed by atoms with Crippen molar-refractivity contribution in [2.45, 2.75) is 67.2 Å². The maximum absolute atomic E-state index is 11.2. The summed E-state index contributed by atoms with van der Waals surface area (Å²) in [6.07, 6.45) is 9.18. The summed E-state index contributed by atoms with van der Waals surface area (Å²) in [5.41, 5.74) is 1.26. The first-order valence-corrected chi connectivity index (χ1v) is 12.8. The van der Waals surface area contributed by atoms with Crippen LogP contribution < -0.4 is 14.8 Å². The van der Waals surface area contributed by atoms with E-state index in [0.29, 0.717) is 31.0 Å². The minimum absolute atomic E-state index is 0.114. The van der Waals surface area contributed by atoms with E-state index in [1.165, 1.54) is 5.56 Å². The molecule has 5 nitrogen and oxygen atoms in total. The Labute approximate surface area is 210 Å². The fraction of sp³-hybridized carbons (Fsp3) is 0.690. The Kier molecular flexibility index (Phi) is 23.1. The smallest absolute Gasteiger partial charge is 0.161 e. The average Bonchev–Trinajstić information content (AvgIpc) is 2.82. The minimum atomic E-state index is 0.114. The van der Waals surface area contributed by atoms with Gasteiger partial charge in [-0.2, -0.15) is 0 Å². The average molecular weight is 480 g/mol. The van der Waals surface area contributed by atoms with E-state index in [-0.39, 0.29) is 5.92 Å². The SMILES string of the molecule is CC.CNC.COCCCOc1cc(C[C@@H](C/C=C/C[C@H](C=O)C(C)C)C(C)C)ccc1OC. The van der Waals surface area contributed by atoms with Crippen LogP contribution in [0.2, 0.25) is 0 Å². The van der Waals surface area contributed by atoms with Crippen LogP contribution in [0.4, 0.5) is 0 Å². The number of hydrogen-bond acceptors (Lipinski definition) is 5. The van der Waals surface area contributed by atoms with Crippen molar-refractivity contribution in [2.75, 3.05) is 41.5 Å². The molecule has 0 fully saturated rings. The van der Waals surface area contributed by atoms with Crippen molar-refractivity contribution in [2.24, 2.45) is 23.7 Å². The number of carbonyl (C=O) groups excluding carboxylic acids is 1. The van der Waals surface area contributed by atoms with Crippen LogP contribution in [-0.2, 0) is 16.0 Å². The van der Waals surface area contributed by atoms with Gasteiger partial charge in [-0.15, -0.1) is 0 Å². The summed E-state index contributed by atoms with van der Waals surface area (Å²) in [6.45, 7) is 14.0. The molecule has 0 unspecified atom stereocenters. The van der Waals surface area contributed by atoms with Crippen molar-refractivity contribution in [3.05, 3.63) is 35.9 Å². The summed E-state index contributed by atoms with van der Waals surface area (Å²) >= 11 is 0. The number of hydrogen-bond donors (Lipinski definition) is 1. The predicted octanol–water partition coefficient (Wildman–Crippen LogP) is 6.59. The number of rotatable bonds is 15. The van der Waals surface area contributed by atoms with E-state index >= 15 is 0 Å². The fourth-order valence-corrected chi connectivity index (χ4v) is 3.25. The maximum atomic E-state index is 11.2. The van der Waals surface area contributed by atoms with Crippen molar-refractivity contribution >= 4 is 6.29 Å². The van der Waals surface area contributed by atoms with E-state index in [9.17, 15) is 4.79 Å². The summed E-state index contributed by atoms with van der Waals surface area (Å²) in [4.78, 5) is 11.2. The van der Waals surface area contributed by atoms with Crippen molar-refractivity contribution < 1.29 is 19.0 Å². The number of allylic oxidation sites excluding steroid dienone is 2. The number of nitrogens with one attached hydrogen (secondary N) is 1. The Morgan fingerprint density at radius 3 is 2.03 bits per heavy atom. The summed E-state index contributed by atoms with van der Waals surface area (Å²) < 4.78 is 16.4. The van der Waals surface area contributed by atoms with E-state index in [2.05, 4.69) is 57.3 Å². The lowest BCUT2D eigenvalue weighted by atomic mass is 9.86. The number of ether oxygens (including phenoxy) is 3.